The summed E-state index contributed by atoms with van der Waals surface area (Å²) in [6.45, 7) is 3.60. The van der Waals surface area contributed by atoms with Crippen LogP contribution >= 0.6 is 23.2 Å². The number of likely N-dealkylation sites (N-methyl/N-ethyl adjacent to an activating group) is 1. The first-order valence-corrected chi connectivity index (χ1v) is 17.7. The Morgan fingerprint density at radius 2 is 1.55 bits per heavy atom. The molecular formula is C36H39Cl2N3O7S. The molecule has 0 fully saturated rings. The summed E-state index contributed by atoms with van der Waals surface area (Å²) in [5, 5.41) is 3.53. The molecule has 0 spiro atoms. The number of hydrogen-bond acceptors (Lipinski definition) is 7. The molecule has 0 radical (unpaired) electrons. The van der Waals surface area contributed by atoms with Crippen LogP contribution in [-0.4, -0.2) is 65.1 Å². The first kappa shape index (κ1) is 37.4. The van der Waals surface area contributed by atoms with Gasteiger partial charge < -0.3 is 24.4 Å². The minimum atomic E-state index is -4.40. The Kier molecular flexibility index (Phi) is 13.2. The molecule has 0 aliphatic carbocycles. The van der Waals surface area contributed by atoms with Gasteiger partial charge in [-0.25, -0.2) is 8.42 Å². The van der Waals surface area contributed by atoms with Gasteiger partial charge in [0.1, 0.15) is 18.3 Å². The van der Waals surface area contributed by atoms with E-state index in [0.717, 1.165) is 9.87 Å². The summed E-state index contributed by atoms with van der Waals surface area (Å²) >= 11 is 12.7. The van der Waals surface area contributed by atoms with Crippen molar-refractivity contribution in [2.24, 2.45) is 0 Å². The molecule has 0 aliphatic rings. The third-order valence-corrected chi connectivity index (χ3v) is 9.99. The van der Waals surface area contributed by atoms with Crippen LogP contribution < -0.4 is 23.8 Å². The zero-order valence-corrected chi connectivity index (χ0v) is 30.0. The largest absolute Gasteiger partial charge is 0.494 e. The number of sulfonamides is 1. The number of carbonyl (C=O) groups is 2. The Labute approximate surface area is 297 Å². The van der Waals surface area contributed by atoms with Crippen molar-refractivity contribution in [3.63, 3.8) is 0 Å². The highest BCUT2D eigenvalue weighted by Crippen LogP contribution is 2.33. The standard InChI is InChI=1S/C36H39Cl2N3O7S/c1-5-39-36(43)32(20-25-10-8-7-9-11-25)40(23-26-12-13-27(37)21-31(26)38)35(42)24-41(28-14-16-29(17-15-28)48-6-2)49(44,45)30-18-19-33(46-3)34(22-30)47-4/h7-19,21-22,32H,5-6,20,23-24H2,1-4H3,(H,39,43)/t32-/m1/s1. The van der Waals surface area contributed by atoms with E-state index in [1.165, 1.54) is 37.3 Å². The van der Waals surface area contributed by atoms with Crippen LogP contribution in [-0.2, 0) is 32.6 Å². The molecule has 4 aromatic rings. The molecule has 49 heavy (non-hydrogen) atoms. The number of halogens is 2. The van der Waals surface area contributed by atoms with E-state index >= 15 is 0 Å². The molecule has 1 N–H and O–H groups in total. The summed E-state index contributed by atoms with van der Waals surface area (Å²) in [4.78, 5) is 29.5. The fourth-order valence-corrected chi connectivity index (χ4v) is 7.09. The van der Waals surface area contributed by atoms with Crippen LogP contribution in [0.15, 0.2) is 95.9 Å². The molecule has 260 valence electrons. The molecule has 0 unspecified atom stereocenters. The molecule has 4 aromatic carbocycles. The lowest BCUT2D eigenvalue weighted by Crippen LogP contribution is -2.53. The van der Waals surface area contributed by atoms with Crippen LogP contribution in [0.25, 0.3) is 0 Å². The molecule has 0 saturated carbocycles. The Morgan fingerprint density at radius 3 is 2.16 bits per heavy atom. The monoisotopic (exact) mass is 727 g/mol. The van der Waals surface area contributed by atoms with E-state index < -0.39 is 34.4 Å². The second kappa shape index (κ2) is 17.3. The molecule has 2 amide bonds. The first-order chi connectivity index (χ1) is 23.5. The van der Waals surface area contributed by atoms with Gasteiger partial charge >= 0.3 is 0 Å². The fourth-order valence-electron chi connectivity index (χ4n) is 5.19. The van der Waals surface area contributed by atoms with Crippen LogP contribution in [0.2, 0.25) is 10.0 Å². The second-order valence-electron chi connectivity index (χ2n) is 10.8. The molecule has 10 nitrogen and oxygen atoms in total. The Morgan fingerprint density at radius 1 is 0.857 bits per heavy atom. The predicted octanol–water partition coefficient (Wildman–Crippen LogP) is 6.38. The average Bonchev–Trinajstić information content (AvgIpc) is 3.10. The number of anilines is 1. The maximum Gasteiger partial charge on any atom is 0.264 e. The summed E-state index contributed by atoms with van der Waals surface area (Å²) in [5.41, 5.74) is 1.53. The Bertz CT molecular complexity index is 1840. The van der Waals surface area contributed by atoms with Gasteiger partial charge in [-0.3, -0.25) is 13.9 Å². The summed E-state index contributed by atoms with van der Waals surface area (Å²) < 4.78 is 46.1. The minimum Gasteiger partial charge on any atom is -0.494 e. The van der Waals surface area contributed by atoms with Crippen molar-refractivity contribution in [1.29, 1.82) is 0 Å². The molecule has 0 aliphatic heterocycles. The molecule has 13 heteroatoms. The van der Waals surface area contributed by atoms with Crippen LogP contribution in [0.3, 0.4) is 0 Å². The normalized spacial score (nSPS) is 11.7. The van der Waals surface area contributed by atoms with Crippen molar-refractivity contribution in [2.45, 2.75) is 37.8 Å². The number of hydrogen-bond donors (Lipinski definition) is 1. The molecule has 4 rings (SSSR count). The number of nitrogens with one attached hydrogen (secondary N) is 1. The van der Waals surface area contributed by atoms with Crippen LogP contribution in [0.1, 0.15) is 25.0 Å². The maximum atomic E-state index is 14.6. The molecule has 0 heterocycles. The average molecular weight is 729 g/mol. The summed E-state index contributed by atoms with van der Waals surface area (Å²) in [7, 11) is -1.56. The van der Waals surface area contributed by atoms with E-state index in [2.05, 4.69) is 5.32 Å². The summed E-state index contributed by atoms with van der Waals surface area (Å²) in [6, 6.07) is 23.6. The minimum absolute atomic E-state index is 0.100. The molecule has 0 saturated heterocycles. The number of rotatable bonds is 16. The van der Waals surface area contributed by atoms with Gasteiger partial charge in [-0.05, 0) is 73.5 Å². The van der Waals surface area contributed by atoms with Crippen molar-refractivity contribution in [3.05, 3.63) is 112 Å². The topological polar surface area (TPSA) is 114 Å². The number of methoxy groups -OCH3 is 2. The van der Waals surface area contributed by atoms with E-state index in [0.29, 0.717) is 40.3 Å². The molecule has 1 atom stereocenters. The number of amides is 2. The first-order valence-electron chi connectivity index (χ1n) is 15.5. The van der Waals surface area contributed by atoms with Crippen molar-refractivity contribution in [1.82, 2.24) is 10.2 Å². The number of ether oxygens (including phenoxy) is 3. The smallest absolute Gasteiger partial charge is 0.264 e. The van der Waals surface area contributed by atoms with Crippen LogP contribution in [0.4, 0.5) is 5.69 Å². The van der Waals surface area contributed by atoms with Gasteiger partial charge in [0.05, 0.1) is 31.4 Å². The third kappa shape index (κ3) is 9.38. The number of benzene rings is 4. The fraction of sp³-hybridized carbons (Fsp3) is 0.278. The van der Waals surface area contributed by atoms with Crippen molar-refractivity contribution in [2.75, 3.05) is 38.2 Å². The van der Waals surface area contributed by atoms with Crippen LogP contribution in [0, 0.1) is 0 Å². The zero-order chi connectivity index (χ0) is 35.6. The summed E-state index contributed by atoms with van der Waals surface area (Å²) in [5.74, 6) is 0.0112. The highest BCUT2D eigenvalue weighted by Gasteiger charge is 2.35. The Hall–Kier alpha value is -4.45. The molecule has 0 aromatic heterocycles. The maximum absolute atomic E-state index is 14.6. The molecular weight excluding hydrogens is 689 g/mol. The quantitative estimate of drug-likeness (QED) is 0.143. The lowest BCUT2D eigenvalue weighted by Gasteiger charge is -2.34. The van der Waals surface area contributed by atoms with Gasteiger partial charge in [0.25, 0.3) is 10.0 Å². The highest BCUT2D eigenvalue weighted by molar-refractivity contribution is 7.92. The number of carbonyl (C=O) groups excluding carboxylic acids is 2. The van der Waals surface area contributed by atoms with E-state index in [4.69, 9.17) is 37.4 Å². The van der Waals surface area contributed by atoms with Gasteiger partial charge in [-0.15, -0.1) is 0 Å². The second-order valence-corrected chi connectivity index (χ2v) is 13.5. The van der Waals surface area contributed by atoms with E-state index in [1.54, 1.807) is 49.4 Å². The third-order valence-electron chi connectivity index (χ3n) is 7.64. The SMILES string of the molecule is CCNC(=O)[C@@H](Cc1ccccc1)N(Cc1ccc(Cl)cc1Cl)C(=O)CN(c1ccc(OCC)cc1)S(=O)(=O)c1ccc(OC)c(OC)c1. The van der Waals surface area contributed by atoms with Crippen molar-refractivity contribution >= 4 is 50.7 Å². The van der Waals surface area contributed by atoms with Gasteiger partial charge in [0.2, 0.25) is 11.8 Å². The van der Waals surface area contributed by atoms with Gasteiger partial charge in [0.15, 0.2) is 11.5 Å². The number of nitrogens with zero attached hydrogens (tertiary/aromatic N) is 2. The van der Waals surface area contributed by atoms with Gasteiger partial charge in [-0.2, -0.15) is 0 Å². The van der Waals surface area contributed by atoms with Gasteiger partial charge in [-0.1, -0.05) is 59.6 Å². The molecule has 0 bridgehead atoms. The zero-order valence-electron chi connectivity index (χ0n) is 27.7. The predicted molar refractivity (Wildman–Crippen MR) is 191 cm³/mol. The van der Waals surface area contributed by atoms with E-state index in [-0.39, 0.29) is 29.3 Å². The van der Waals surface area contributed by atoms with Crippen molar-refractivity contribution < 1.29 is 32.2 Å². The van der Waals surface area contributed by atoms with Gasteiger partial charge in [0, 0.05) is 35.6 Å². The van der Waals surface area contributed by atoms with E-state index in [1.807, 2.05) is 37.3 Å². The van der Waals surface area contributed by atoms with Crippen LogP contribution in [0.5, 0.6) is 17.2 Å². The lowest BCUT2D eigenvalue weighted by atomic mass is 10.0. The Balaban J connectivity index is 1.84. The summed E-state index contributed by atoms with van der Waals surface area (Å²) in [6.07, 6.45) is 0.162. The van der Waals surface area contributed by atoms with Crippen molar-refractivity contribution in [3.8, 4) is 17.2 Å². The lowest BCUT2D eigenvalue weighted by molar-refractivity contribution is -0.140. The highest BCUT2D eigenvalue weighted by atomic mass is 35.5. The van der Waals surface area contributed by atoms with E-state index in [9.17, 15) is 18.0 Å².